The Balaban J connectivity index is 1.96. The molecule has 108 valence electrons. The topological polar surface area (TPSA) is 42.2 Å². The second-order valence-corrected chi connectivity index (χ2v) is 6.33. The zero-order chi connectivity index (χ0) is 14.8. The molecule has 4 heteroatoms. The Bertz CT molecular complexity index is 552. The third kappa shape index (κ3) is 3.90. The molecular formula is C16H23N3O. The normalized spacial score (nSPS) is 12.1. The number of rotatable bonds is 4. The van der Waals surface area contributed by atoms with E-state index in [1.54, 1.807) is 0 Å². The lowest BCUT2D eigenvalue weighted by Gasteiger charge is -2.20. The first-order valence-corrected chi connectivity index (χ1v) is 6.91. The third-order valence-corrected chi connectivity index (χ3v) is 3.25. The summed E-state index contributed by atoms with van der Waals surface area (Å²) in [6.07, 6.45) is 0. The Morgan fingerprint density at radius 2 is 1.70 bits per heavy atom. The van der Waals surface area contributed by atoms with Crippen molar-refractivity contribution in [2.45, 2.75) is 46.2 Å². The summed E-state index contributed by atoms with van der Waals surface area (Å²) in [5, 5.41) is 7.86. The Hall–Kier alpha value is -1.68. The van der Waals surface area contributed by atoms with Crippen LogP contribution in [0, 0.1) is 6.92 Å². The minimum atomic E-state index is 0.200. The van der Waals surface area contributed by atoms with Crippen LogP contribution >= 0.6 is 0 Å². The molecule has 0 amide bonds. The first-order valence-electron chi connectivity index (χ1n) is 6.91. The van der Waals surface area contributed by atoms with E-state index in [1.807, 2.05) is 6.92 Å². The van der Waals surface area contributed by atoms with Gasteiger partial charge in [-0.2, -0.15) is 0 Å². The number of benzene rings is 1. The van der Waals surface area contributed by atoms with Crippen molar-refractivity contribution in [2.75, 3.05) is 7.05 Å². The molecule has 0 unspecified atom stereocenters. The van der Waals surface area contributed by atoms with Crippen molar-refractivity contribution < 1.29 is 4.42 Å². The van der Waals surface area contributed by atoms with Gasteiger partial charge in [-0.15, -0.1) is 10.2 Å². The summed E-state index contributed by atoms with van der Waals surface area (Å²) in [5.74, 6) is 1.28. The van der Waals surface area contributed by atoms with E-state index >= 15 is 0 Å². The zero-order valence-electron chi connectivity index (χ0n) is 13.0. The van der Waals surface area contributed by atoms with Crippen LogP contribution in [0.25, 0.3) is 0 Å². The zero-order valence-corrected chi connectivity index (χ0v) is 13.0. The van der Waals surface area contributed by atoms with Gasteiger partial charge in [0, 0.05) is 13.5 Å². The van der Waals surface area contributed by atoms with Crippen LogP contribution in [-0.2, 0) is 18.5 Å². The Morgan fingerprint density at radius 1 is 1.05 bits per heavy atom. The van der Waals surface area contributed by atoms with Crippen LogP contribution in [-0.4, -0.2) is 22.1 Å². The smallest absolute Gasteiger partial charge is 0.230 e. The highest BCUT2D eigenvalue weighted by Gasteiger charge is 2.13. The first kappa shape index (κ1) is 14.7. The fourth-order valence-electron chi connectivity index (χ4n) is 2.11. The maximum Gasteiger partial charge on any atom is 0.230 e. The lowest BCUT2D eigenvalue weighted by molar-refractivity contribution is 0.279. The molecule has 4 nitrogen and oxygen atoms in total. The lowest BCUT2D eigenvalue weighted by Crippen LogP contribution is -2.18. The van der Waals surface area contributed by atoms with Crippen LogP contribution in [0.5, 0.6) is 0 Å². The van der Waals surface area contributed by atoms with Crippen molar-refractivity contribution in [1.82, 2.24) is 15.1 Å². The number of hydrogen-bond donors (Lipinski definition) is 0. The van der Waals surface area contributed by atoms with Crippen LogP contribution in [0.1, 0.15) is 43.7 Å². The molecule has 0 aliphatic rings. The van der Waals surface area contributed by atoms with Gasteiger partial charge in [0.05, 0.1) is 6.54 Å². The Labute approximate surface area is 120 Å². The lowest BCUT2D eigenvalue weighted by atomic mass is 9.87. The average Bonchev–Trinajstić information content (AvgIpc) is 2.74. The summed E-state index contributed by atoms with van der Waals surface area (Å²) >= 11 is 0. The van der Waals surface area contributed by atoms with Crippen molar-refractivity contribution in [3.05, 3.63) is 47.2 Å². The standard InChI is InChI=1S/C16H23N3O/c1-12-17-18-15(20-12)11-19(5)10-13-6-8-14(9-7-13)16(2,3)4/h6-9H,10-11H2,1-5H3. The predicted molar refractivity (Wildman–Crippen MR) is 79.3 cm³/mol. The van der Waals surface area contributed by atoms with Crippen molar-refractivity contribution >= 4 is 0 Å². The molecular weight excluding hydrogens is 250 g/mol. The van der Waals surface area contributed by atoms with Crippen molar-refractivity contribution in [1.29, 1.82) is 0 Å². The van der Waals surface area contributed by atoms with Crippen LogP contribution in [0.15, 0.2) is 28.7 Å². The highest BCUT2D eigenvalue weighted by Crippen LogP contribution is 2.22. The summed E-state index contributed by atoms with van der Waals surface area (Å²) < 4.78 is 5.39. The van der Waals surface area contributed by atoms with Crippen LogP contribution in [0.4, 0.5) is 0 Å². The molecule has 1 aromatic heterocycles. The van der Waals surface area contributed by atoms with E-state index in [2.05, 4.69) is 67.2 Å². The minimum absolute atomic E-state index is 0.200. The van der Waals surface area contributed by atoms with E-state index in [-0.39, 0.29) is 5.41 Å². The van der Waals surface area contributed by atoms with Crippen molar-refractivity contribution in [3.8, 4) is 0 Å². The molecule has 2 rings (SSSR count). The van der Waals surface area contributed by atoms with Gasteiger partial charge in [0.2, 0.25) is 11.8 Å². The minimum Gasteiger partial charge on any atom is -0.424 e. The van der Waals surface area contributed by atoms with Crippen LogP contribution in [0.3, 0.4) is 0 Å². The molecule has 2 aromatic rings. The van der Waals surface area contributed by atoms with E-state index < -0.39 is 0 Å². The summed E-state index contributed by atoms with van der Waals surface area (Å²) in [4.78, 5) is 2.17. The highest BCUT2D eigenvalue weighted by atomic mass is 16.4. The average molecular weight is 273 g/mol. The van der Waals surface area contributed by atoms with Gasteiger partial charge in [-0.25, -0.2) is 0 Å². The quantitative estimate of drug-likeness (QED) is 0.857. The monoisotopic (exact) mass is 273 g/mol. The fraction of sp³-hybridized carbons (Fsp3) is 0.500. The first-order chi connectivity index (χ1) is 9.34. The number of nitrogens with zero attached hydrogens (tertiary/aromatic N) is 3. The summed E-state index contributed by atoms with van der Waals surface area (Å²) in [7, 11) is 2.05. The van der Waals surface area contributed by atoms with Crippen molar-refractivity contribution in [2.24, 2.45) is 0 Å². The van der Waals surface area contributed by atoms with E-state index in [4.69, 9.17) is 4.42 Å². The number of aryl methyl sites for hydroxylation is 1. The maximum absolute atomic E-state index is 5.39. The second-order valence-electron chi connectivity index (χ2n) is 6.33. The maximum atomic E-state index is 5.39. The van der Waals surface area contributed by atoms with E-state index in [9.17, 15) is 0 Å². The van der Waals surface area contributed by atoms with E-state index in [0.717, 1.165) is 6.54 Å². The molecule has 1 heterocycles. The third-order valence-electron chi connectivity index (χ3n) is 3.25. The van der Waals surface area contributed by atoms with Gasteiger partial charge in [0.1, 0.15) is 0 Å². The molecule has 0 N–H and O–H groups in total. The SMILES string of the molecule is Cc1nnc(CN(C)Cc2ccc(C(C)(C)C)cc2)o1. The molecule has 0 saturated heterocycles. The van der Waals surface area contributed by atoms with Gasteiger partial charge in [0.25, 0.3) is 0 Å². The fourth-order valence-corrected chi connectivity index (χ4v) is 2.11. The molecule has 0 aliphatic carbocycles. The molecule has 0 spiro atoms. The molecule has 0 fully saturated rings. The number of hydrogen-bond acceptors (Lipinski definition) is 4. The van der Waals surface area contributed by atoms with Gasteiger partial charge in [-0.1, -0.05) is 45.0 Å². The number of aromatic nitrogens is 2. The molecule has 1 aromatic carbocycles. The van der Waals surface area contributed by atoms with E-state index in [1.165, 1.54) is 11.1 Å². The summed E-state index contributed by atoms with van der Waals surface area (Å²) in [6.45, 7) is 10.0. The molecule has 0 atom stereocenters. The van der Waals surface area contributed by atoms with Crippen LogP contribution < -0.4 is 0 Å². The second kappa shape index (κ2) is 5.75. The van der Waals surface area contributed by atoms with Gasteiger partial charge < -0.3 is 4.42 Å². The Kier molecular flexibility index (Phi) is 4.23. The largest absolute Gasteiger partial charge is 0.424 e. The predicted octanol–water partition coefficient (Wildman–Crippen LogP) is 3.31. The molecule has 0 aliphatic heterocycles. The van der Waals surface area contributed by atoms with Gasteiger partial charge in [-0.3, -0.25) is 4.90 Å². The van der Waals surface area contributed by atoms with Crippen molar-refractivity contribution in [3.63, 3.8) is 0 Å². The molecule has 0 radical (unpaired) electrons. The molecule has 20 heavy (non-hydrogen) atoms. The highest BCUT2D eigenvalue weighted by molar-refractivity contribution is 5.27. The molecule has 0 saturated carbocycles. The van der Waals surface area contributed by atoms with Gasteiger partial charge >= 0.3 is 0 Å². The van der Waals surface area contributed by atoms with Gasteiger partial charge in [-0.05, 0) is 23.6 Å². The van der Waals surface area contributed by atoms with Crippen LogP contribution in [0.2, 0.25) is 0 Å². The molecule has 0 bridgehead atoms. The Morgan fingerprint density at radius 3 is 2.20 bits per heavy atom. The summed E-state index contributed by atoms with van der Waals surface area (Å²) in [6, 6.07) is 8.80. The van der Waals surface area contributed by atoms with Gasteiger partial charge in [0.15, 0.2) is 0 Å². The van der Waals surface area contributed by atoms with E-state index in [0.29, 0.717) is 18.3 Å². The summed E-state index contributed by atoms with van der Waals surface area (Å²) in [5.41, 5.74) is 2.85.